The van der Waals surface area contributed by atoms with Crippen molar-refractivity contribution in [1.82, 2.24) is 9.78 Å². The molecular weight excluding hydrogens is 272 g/mol. The third kappa shape index (κ3) is 3.02. The van der Waals surface area contributed by atoms with Crippen LogP contribution in [0.2, 0.25) is 0 Å². The number of nitrogens with one attached hydrogen (secondary N) is 1. The summed E-state index contributed by atoms with van der Waals surface area (Å²) < 4.78 is 1.54. The van der Waals surface area contributed by atoms with E-state index in [0.717, 1.165) is 25.7 Å². The van der Waals surface area contributed by atoms with Crippen molar-refractivity contribution in [2.75, 3.05) is 18.5 Å². The molecular formula is C14H24N4O3. The van der Waals surface area contributed by atoms with Crippen molar-refractivity contribution in [2.24, 2.45) is 12.5 Å². The minimum absolute atomic E-state index is 0.00886. The molecule has 0 spiro atoms. The number of aromatic nitrogens is 2. The number of aliphatic hydroxyl groups is 1. The van der Waals surface area contributed by atoms with Crippen LogP contribution in [0.4, 0.5) is 11.5 Å². The van der Waals surface area contributed by atoms with E-state index in [0.29, 0.717) is 18.1 Å². The zero-order valence-electron chi connectivity index (χ0n) is 12.9. The molecule has 7 nitrogen and oxygen atoms in total. The monoisotopic (exact) mass is 296 g/mol. The van der Waals surface area contributed by atoms with E-state index in [9.17, 15) is 15.2 Å². The first-order valence-electron chi connectivity index (χ1n) is 7.46. The standard InChI is InChI=1S/C14H24N4O3/c1-10(2)11-12(18(20)21)13(17(3)16-11)15-8-14(9-19)6-4-5-7-14/h10,15,19H,4-9H2,1-3H3. The molecule has 1 aliphatic carbocycles. The molecule has 118 valence electrons. The smallest absolute Gasteiger partial charge is 0.334 e. The van der Waals surface area contributed by atoms with Crippen LogP contribution in [-0.4, -0.2) is 33.0 Å². The molecule has 7 heteroatoms. The van der Waals surface area contributed by atoms with Gasteiger partial charge in [0.1, 0.15) is 5.69 Å². The third-order valence-corrected chi connectivity index (χ3v) is 4.41. The molecule has 0 saturated heterocycles. The van der Waals surface area contributed by atoms with Crippen molar-refractivity contribution < 1.29 is 10.0 Å². The Morgan fingerprint density at radius 3 is 2.57 bits per heavy atom. The Labute approximate surface area is 124 Å². The van der Waals surface area contributed by atoms with Crippen LogP contribution < -0.4 is 5.32 Å². The Morgan fingerprint density at radius 2 is 2.10 bits per heavy atom. The molecule has 0 radical (unpaired) electrons. The van der Waals surface area contributed by atoms with Crippen molar-refractivity contribution in [2.45, 2.75) is 45.4 Å². The van der Waals surface area contributed by atoms with Crippen LogP contribution >= 0.6 is 0 Å². The van der Waals surface area contributed by atoms with Gasteiger partial charge >= 0.3 is 5.69 Å². The maximum Gasteiger partial charge on any atom is 0.334 e. The molecule has 0 amide bonds. The minimum atomic E-state index is -0.370. The number of aliphatic hydroxyl groups excluding tert-OH is 1. The Morgan fingerprint density at radius 1 is 1.48 bits per heavy atom. The summed E-state index contributed by atoms with van der Waals surface area (Å²) in [7, 11) is 1.71. The summed E-state index contributed by atoms with van der Waals surface area (Å²) in [6.07, 6.45) is 4.12. The Balaban J connectivity index is 2.25. The maximum absolute atomic E-state index is 11.4. The van der Waals surface area contributed by atoms with Gasteiger partial charge in [-0.2, -0.15) is 5.10 Å². The Hall–Kier alpha value is -1.63. The van der Waals surface area contributed by atoms with E-state index < -0.39 is 0 Å². The van der Waals surface area contributed by atoms with Gasteiger partial charge in [-0.1, -0.05) is 26.7 Å². The number of rotatable bonds is 6. The molecule has 21 heavy (non-hydrogen) atoms. The number of nitro groups is 1. The van der Waals surface area contributed by atoms with Gasteiger partial charge in [-0.05, 0) is 12.8 Å². The van der Waals surface area contributed by atoms with Crippen LogP contribution in [0, 0.1) is 15.5 Å². The lowest BCUT2D eigenvalue weighted by molar-refractivity contribution is -0.384. The van der Waals surface area contributed by atoms with Crippen LogP contribution in [0.15, 0.2) is 0 Å². The van der Waals surface area contributed by atoms with Gasteiger partial charge in [0.2, 0.25) is 5.82 Å². The van der Waals surface area contributed by atoms with Gasteiger partial charge in [-0.3, -0.25) is 10.1 Å². The van der Waals surface area contributed by atoms with E-state index in [1.54, 1.807) is 7.05 Å². The summed E-state index contributed by atoms with van der Waals surface area (Å²) in [5, 5.41) is 28.5. The van der Waals surface area contributed by atoms with Crippen molar-refractivity contribution in [3.63, 3.8) is 0 Å². The summed E-state index contributed by atoms with van der Waals surface area (Å²) in [5.41, 5.74) is 0.393. The van der Waals surface area contributed by atoms with Gasteiger partial charge in [0, 0.05) is 24.9 Å². The van der Waals surface area contributed by atoms with Crippen molar-refractivity contribution >= 4 is 11.5 Å². The van der Waals surface area contributed by atoms with E-state index in [4.69, 9.17) is 0 Å². The predicted octanol–water partition coefficient (Wildman–Crippen LogP) is 2.42. The van der Waals surface area contributed by atoms with Gasteiger partial charge in [-0.25, -0.2) is 4.68 Å². The zero-order chi connectivity index (χ0) is 15.6. The minimum Gasteiger partial charge on any atom is -0.396 e. The Kier molecular flexibility index (Phi) is 4.51. The molecule has 2 rings (SSSR count). The molecule has 1 aromatic rings. The highest BCUT2D eigenvalue weighted by Gasteiger charge is 2.35. The van der Waals surface area contributed by atoms with Gasteiger partial charge in [-0.15, -0.1) is 0 Å². The maximum atomic E-state index is 11.4. The van der Waals surface area contributed by atoms with Crippen LogP contribution in [-0.2, 0) is 7.05 Å². The van der Waals surface area contributed by atoms with Gasteiger partial charge in [0.05, 0.1) is 11.5 Å². The largest absolute Gasteiger partial charge is 0.396 e. The topological polar surface area (TPSA) is 93.2 Å². The van der Waals surface area contributed by atoms with Crippen molar-refractivity contribution in [3.05, 3.63) is 15.8 Å². The molecule has 1 aliphatic rings. The summed E-state index contributed by atoms with van der Waals surface area (Å²) >= 11 is 0. The van der Waals surface area contributed by atoms with Gasteiger partial charge in [0.15, 0.2) is 0 Å². The molecule has 1 saturated carbocycles. The summed E-state index contributed by atoms with van der Waals surface area (Å²) in [4.78, 5) is 11.0. The van der Waals surface area contributed by atoms with Gasteiger partial charge in [0.25, 0.3) is 0 Å². The molecule has 0 aromatic carbocycles. The molecule has 1 fully saturated rings. The van der Waals surface area contributed by atoms with Crippen LogP contribution in [0.25, 0.3) is 0 Å². The lowest BCUT2D eigenvalue weighted by Crippen LogP contribution is -2.31. The molecule has 1 heterocycles. The van der Waals surface area contributed by atoms with E-state index in [1.165, 1.54) is 4.68 Å². The highest BCUT2D eigenvalue weighted by Crippen LogP contribution is 2.39. The normalized spacial score (nSPS) is 17.4. The van der Waals surface area contributed by atoms with Crippen LogP contribution in [0.3, 0.4) is 0 Å². The summed E-state index contributed by atoms with van der Waals surface area (Å²) in [6.45, 7) is 4.45. The van der Waals surface area contributed by atoms with E-state index >= 15 is 0 Å². The summed E-state index contributed by atoms with van der Waals surface area (Å²) in [6, 6.07) is 0. The highest BCUT2D eigenvalue weighted by atomic mass is 16.6. The number of anilines is 1. The fraction of sp³-hybridized carbons (Fsp3) is 0.786. The number of hydrogen-bond acceptors (Lipinski definition) is 5. The molecule has 0 aliphatic heterocycles. The first kappa shape index (κ1) is 15.8. The molecule has 1 aromatic heterocycles. The lowest BCUT2D eigenvalue weighted by Gasteiger charge is -2.26. The van der Waals surface area contributed by atoms with Crippen LogP contribution in [0.5, 0.6) is 0 Å². The Bertz CT molecular complexity index is 519. The predicted molar refractivity (Wildman–Crippen MR) is 80.4 cm³/mol. The second kappa shape index (κ2) is 6.01. The second-order valence-corrected chi connectivity index (χ2v) is 6.34. The fourth-order valence-electron chi connectivity index (χ4n) is 3.09. The van der Waals surface area contributed by atoms with Crippen molar-refractivity contribution in [1.29, 1.82) is 0 Å². The van der Waals surface area contributed by atoms with Crippen LogP contribution in [0.1, 0.15) is 51.1 Å². The first-order chi connectivity index (χ1) is 9.90. The molecule has 0 atom stereocenters. The highest BCUT2D eigenvalue weighted by molar-refractivity contribution is 5.60. The zero-order valence-corrected chi connectivity index (χ0v) is 12.9. The number of aryl methyl sites for hydroxylation is 1. The number of hydrogen-bond donors (Lipinski definition) is 2. The fourth-order valence-corrected chi connectivity index (χ4v) is 3.09. The molecule has 2 N–H and O–H groups in total. The number of nitrogens with zero attached hydrogens (tertiary/aromatic N) is 3. The SMILES string of the molecule is CC(C)c1nn(C)c(NCC2(CO)CCCC2)c1[N+](=O)[O-]. The molecule has 0 unspecified atom stereocenters. The quantitative estimate of drug-likeness (QED) is 0.621. The third-order valence-electron chi connectivity index (χ3n) is 4.41. The molecule has 0 bridgehead atoms. The van der Waals surface area contributed by atoms with E-state index in [1.807, 2.05) is 13.8 Å². The second-order valence-electron chi connectivity index (χ2n) is 6.34. The average Bonchev–Trinajstić information content (AvgIpc) is 3.01. The van der Waals surface area contributed by atoms with Crippen molar-refractivity contribution in [3.8, 4) is 0 Å². The van der Waals surface area contributed by atoms with Gasteiger partial charge < -0.3 is 10.4 Å². The first-order valence-corrected chi connectivity index (χ1v) is 7.46. The average molecular weight is 296 g/mol. The van der Waals surface area contributed by atoms with E-state index in [2.05, 4.69) is 10.4 Å². The van der Waals surface area contributed by atoms with E-state index in [-0.39, 0.29) is 28.6 Å². The summed E-state index contributed by atoms with van der Waals surface area (Å²) in [5.74, 6) is 0.425. The lowest BCUT2D eigenvalue weighted by atomic mass is 9.87.